The third-order valence-corrected chi connectivity index (χ3v) is 8.02. The van der Waals surface area contributed by atoms with Crippen LogP contribution in [-0.4, -0.2) is 59.7 Å². The van der Waals surface area contributed by atoms with Crippen molar-refractivity contribution in [1.29, 1.82) is 0 Å². The van der Waals surface area contributed by atoms with E-state index in [1.165, 1.54) is 38.9 Å². The van der Waals surface area contributed by atoms with Crippen LogP contribution in [0.15, 0.2) is 76.7 Å². The standard InChI is InChI=1S/C35H44N4.2ClH/c1-25(2)38-20-18-36-34(38)32-14-10-28(11-15-32)6-8-30-22-27(5)23-31(24-30)9-7-29-12-16-33(17-13-29)35-37-19-21-39(35)26(3)4;;/h10-17,22-26H,6-9,18-21H2,1-5H3;2*1H. The summed E-state index contributed by atoms with van der Waals surface area (Å²) >= 11 is 0. The third kappa shape index (κ3) is 8.14. The second-order valence-electron chi connectivity index (χ2n) is 11.7. The molecular weight excluding hydrogens is 547 g/mol. The molecule has 2 aliphatic heterocycles. The highest BCUT2D eigenvalue weighted by Gasteiger charge is 2.21. The Balaban J connectivity index is 0.00000231. The van der Waals surface area contributed by atoms with Gasteiger partial charge in [0.1, 0.15) is 11.7 Å². The zero-order valence-electron chi connectivity index (χ0n) is 25.3. The van der Waals surface area contributed by atoms with Gasteiger partial charge in [0.05, 0.1) is 13.1 Å². The van der Waals surface area contributed by atoms with Gasteiger partial charge >= 0.3 is 0 Å². The summed E-state index contributed by atoms with van der Waals surface area (Å²) in [7, 11) is 0. The fraction of sp³-hybridized carbons (Fsp3) is 0.429. The van der Waals surface area contributed by atoms with Crippen LogP contribution in [0.1, 0.15) is 66.6 Å². The molecule has 0 N–H and O–H groups in total. The number of rotatable bonds is 10. The first kappa shape index (κ1) is 32.7. The molecule has 0 saturated carbocycles. The maximum absolute atomic E-state index is 4.76. The fourth-order valence-electron chi connectivity index (χ4n) is 5.90. The maximum atomic E-state index is 4.76. The Kier molecular flexibility index (Phi) is 11.9. The summed E-state index contributed by atoms with van der Waals surface area (Å²) in [4.78, 5) is 14.3. The number of amidine groups is 2. The molecule has 0 aromatic heterocycles. The summed E-state index contributed by atoms with van der Waals surface area (Å²) in [5.74, 6) is 2.30. The number of aliphatic imine (C=N–C) groups is 2. The predicted octanol–water partition coefficient (Wildman–Crippen LogP) is 7.35. The molecule has 0 unspecified atom stereocenters. The molecule has 220 valence electrons. The number of nitrogens with zero attached hydrogens (tertiary/aromatic N) is 4. The van der Waals surface area contributed by atoms with Crippen LogP contribution in [0, 0.1) is 6.92 Å². The van der Waals surface area contributed by atoms with E-state index in [4.69, 9.17) is 9.98 Å². The number of hydrogen-bond acceptors (Lipinski definition) is 4. The fourth-order valence-corrected chi connectivity index (χ4v) is 5.90. The molecule has 6 heteroatoms. The number of halogens is 2. The van der Waals surface area contributed by atoms with Crippen molar-refractivity contribution in [1.82, 2.24) is 9.80 Å². The van der Waals surface area contributed by atoms with E-state index in [9.17, 15) is 0 Å². The van der Waals surface area contributed by atoms with E-state index >= 15 is 0 Å². The minimum Gasteiger partial charge on any atom is -0.352 e. The lowest BCUT2D eigenvalue weighted by Gasteiger charge is -2.24. The summed E-state index contributed by atoms with van der Waals surface area (Å²) in [5, 5.41) is 0. The highest BCUT2D eigenvalue weighted by Crippen LogP contribution is 2.19. The second kappa shape index (κ2) is 14.9. The van der Waals surface area contributed by atoms with Gasteiger partial charge in [-0.25, -0.2) is 0 Å². The van der Waals surface area contributed by atoms with Crippen LogP contribution in [0.3, 0.4) is 0 Å². The highest BCUT2D eigenvalue weighted by molar-refractivity contribution is 6.00. The Bertz CT molecular complexity index is 1230. The molecule has 4 nitrogen and oxygen atoms in total. The largest absolute Gasteiger partial charge is 0.352 e. The summed E-state index contributed by atoms with van der Waals surface area (Å²) in [6.07, 6.45) is 4.25. The van der Waals surface area contributed by atoms with Gasteiger partial charge in [-0.15, -0.1) is 24.8 Å². The zero-order chi connectivity index (χ0) is 27.4. The van der Waals surface area contributed by atoms with Crippen molar-refractivity contribution in [2.45, 2.75) is 72.4 Å². The average Bonchev–Trinajstić information content (AvgIpc) is 3.62. The van der Waals surface area contributed by atoms with Crippen molar-refractivity contribution >= 4 is 36.5 Å². The first-order chi connectivity index (χ1) is 18.9. The number of aryl methyl sites for hydroxylation is 5. The molecule has 0 amide bonds. The SMILES string of the molecule is Cc1cc(CCc2ccc(C3=NCCN3C(C)C)cc2)cc(CCc2ccc(C3=NCCN3C(C)C)cc2)c1.Cl.Cl. The molecular formula is C35H46Cl2N4. The van der Waals surface area contributed by atoms with Crippen LogP contribution in [-0.2, 0) is 25.7 Å². The smallest absolute Gasteiger partial charge is 0.131 e. The first-order valence-electron chi connectivity index (χ1n) is 14.8. The van der Waals surface area contributed by atoms with E-state index in [0.717, 1.165) is 63.5 Å². The van der Waals surface area contributed by atoms with E-state index in [1.807, 2.05) is 0 Å². The predicted molar refractivity (Wildman–Crippen MR) is 180 cm³/mol. The molecule has 3 aromatic rings. The summed E-state index contributed by atoms with van der Waals surface area (Å²) < 4.78 is 0. The summed E-state index contributed by atoms with van der Waals surface area (Å²) in [6.45, 7) is 15.1. The van der Waals surface area contributed by atoms with Crippen molar-refractivity contribution < 1.29 is 0 Å². The summed E-state index contributed by atoms with van der Waals surface area (Å²) in [5.41, 5.74) is 9.48. The Hall–Kier alpha value is -2.82. The van der Waals surface area contributed by atoms with Gasteiger partial charge in [0.25, 0.3) is 0 Å². The third-order valence-electron chi connectivity index (χ3n) is 8.02. The number of hydrogen-bond donors (Lipinski definition) is 0. The van der Waals surface area contributed by atoms with Crippen molar-refractivity contribution in [2.24, 2.45) is 9.98 Å². The molecule has 5 rings (SSSR count). The van der Waals surface area contributed by atoms with Crippen LogP contribution in [0.25, 0.3) is 0 Å². The van der Waals surface area contributed by atoms with Gasteiger partial charge in [-0.2, -0.15) is 0 Å². The monoisotopic (exact) mass is 592 g/mol. The molecule has 0 spiro atoms. The molecule has 0 aliphatic carbocycles. The maximum Gasteiger partial charge on any atom is 0.131 e. The lowest BCUT2D eigenvalue weighted by Crippen LogP contribution is -2.34. The Labute approximate surface area is 259 Å². The average molecular weight is 594 g/mol. The number of benzene rings is 3. The van der Waals surface area contributed by atoms with Gasteiger partial charge < -0.3 is 9.80 Å². The minimum absolute atomic E-state index is 0. The van der Waals surface area contributed by atoms with Gasteiger partial charge in [0.2, 0.25) is 0 Å². The van der Waals surface area contributed by atoms with E-state index in [0.29, 0.717) is 12.1 Å². The molecule has 3 aromatic carbocycles. The molecule has 0 atom stereocenters. The van der Waals surface area contributed by atoms with E-state index in [-0.39, 0.29) is 24.8 Å². The van der Waals surface area contributed by atoms with E-state index in [2.05, 4.69) is 111 Å². The van der Waals surface area contributed by atoms with Crippen LogP contribution in [0.4, 0.5) is 0 Å². The molecule has 2 aliphatic rings. The summed E-state index contributed by atoms with van der Waals surface area (Å²) in [6, 6.07) is 26.2. The molecule has 0 radical (unpaired) electrons. The van der Waals surface area contributed by atoms with E-state index < -0.39 is 0 Å². The molecule has 0 saturated heterocycles. The normalized spacial score (nSPS) is 14.7. The van der Waals surface area contributed by atoms with Crippen LogP contribution in [0.2, 0.25) is 0 Å². The molecule has 0 bridgehead atoms. The Morgan fingerprint density at radius 3 is 1.29 bits per heavy atom. The zero-order valence-corrected chi connectivity index (χ0v) is 26.9. The van der Waals surface area contributed by atoms with Gasteiger partial charge in [0.15, 0.2) is 0 Å². The highest BCUT2D eigenvalue weighted by atomic mass is 35.5. The lowest BCUT2D eigenvalue weighted by molar-refractivity contribution is 0.381. The topological polar surface area (TPSA) is 31.2 Å². The van der Waals surface area contributed by atoms with Crippen molar-refractivity contribution in [3.8, 4) is 0 Å². The first-order valence-corrected chi connectivity index (χ1v) is 14.8. The van der Waals surface area contributed by atoms with Crippen molar-refractivity contribution in [3.63, 3.8) is 0 Å². The van der Waals surface area contributed by atoms with Crippen molar-refractivity contribution in [3.05, 3.63) is 106 Å². The molecule has 0 fully saturated rings. The van der Waals surface area contributed by atoms with Gasteiger partial charge in [-0.1, -0.05) is 72.3 Å². The molecule has 2 heterocycles. The Morgan fingerprint density at radius 2 is 0.927 bits per heavy atom. The minimum atomic E-state index is 0. The van der Waals surface area contributed by atoms with Crippen LogP contribution >= 0.6 is 24.8 Å². The van der Waals surface area contributed by atoms with Gasteiger partial charge in [-0.3, -0.25) is 9.98 Å². The van der Waals surface area contributed by atoms with Crippen LogP contribution < -0.4 is 0 Å². The van der Waals surface area contributed by atoms with E-state index in [1.54, 1.807) is 0 Å². The quantitative estimate of drug-likeness (QED) is 0.246. The van der Waals surface area contributed by atoms with Gasteiger partial charge in [0, 0.05) is 36.3 Å². The van der Waals surface area contributed by atoms with Gasteiger partial charge in [-0.05, 0) is 82.6 Å². The van der Waals surface area contributed by atoms with Crippen LogP contribution in [0.5, 0.6) is 0 Å². The van der Waals surface area contributed by atoms with Crippen molar-refractivity contribution in [2.75, 3.05) is 26.2 Å². The second-order valence-corrected chi connectivity index (χ2v) is 11.7. The molecule has 41 heavy (non-hydrogen) atoms. The lowest BCUT2D eigenvalue weighted by atomic mass is 9.96. The Morgan fingerprint density at radius 1 is 0.561 bits per heavy atom.